The number of fused-ring (bicyclic) bond motifs is 2. The van der Waals surface area contributed by atoms with E-state index in [1.807, 2.05) is 79.7 Å². The highest BCUT2D eigenvalue weighted by atomic mass is 16.2. The number of hydrogen-bond donors (Lipinski definition) is 1. The molecule has 6 heteroatoms. The van der Waals surface area contributed by atoms with Gasteiger partial charge in [-0.15, -0.1) is 0 Å². The van der Waals surface area contributed by atoms with Crippen LogP contribution in [-0.2, 0) is 16.8 Å². The van der Waals surface area contributed by atoms with Gasteiger partial charge in [-0.05, 0) is 61.5 Å². The number of pyridine rings is 1. The topological polar surface area (TPSA) is 65.5 Å². The molecule has 1 N–H and O–H groups in total. The number of hydrogen-bond acceptors (Lipinski definition) is 4. The second-order valence-electron chi connectivity index (χ2n) is 8.84. The number of amides is 2. The summed E-state index contributed by atoms with van der Waals surface area (Å²) in [7, 11) is 4.04. The molecule has 5 rings (SSSR count). The van der Waals surface area contributed by atoms with Crippen LogP contribution in [0.1, 0.15) is 39.5 Å². The monoisotopic (exact) mass is 426 g/mol. The summed E-state index contributed by atoms with van der Waals surface area (Å²) in [5.74, 6) is -0.117. The maximum atomic E-state index is 13.7. The smallest absolute Gasteiger partial charge is 0.254 e. The second-order valence-corrected chi connectivity index (χ2v) is 8.84. The number of aromatic nitrogens is 1. The molecule has 0 aliphatic carbocycles. The van der Waals surface area contributed by atoms with Gasteiger partial charge in [-0.3, -0.25) is 14.6 Å². The molecule has 32 heavy (non-hydrogen) atoms. The average Bonchev–Trinajstić information content (AvgIpc) is 3.33. The van der Waals surface area contributed by atoms with Crippen LogP contribution in [-0.4, -0.2) is 47.2 Å². The lowest BCUT2D eigenvalue weighted by Crippen LogP contribution is -2.42. The number of carbonyl (C=O) groups excluding carboxylic acids is 2. The van der Waals surface area contributed by atoms with Gasteiger partial charge in [-0.25, -0.2) is 0 Å². The molecule has 2 amide bonds. The van der Waals surface area contributed by atoms with Gasteiger partial charge in [0.15, 0.2) is 0 Å². The van der Waals surface area contributed by atoms with E-state index in [9.17, 15) is 9.59 Å². The summed E-state index contributed by atoms with van der Waals surface area (Å²) in [6, 6.07) is 19.0. The van der Waals surface area contributed by atoms with Crippen LogP contribution in [0.15, 0.2) is 73.1 Å². The van der Waals surface area contributed by atoms with E-state index < -0.39 is 11.5 Å². The van der Waals surface area contributed by atoms with E-state index in [1.54, 1.807) is 12.4 Å². The van der Waals surface area contributed by atoms with Crippen LogP contribution in [0.25, 0.3) is 0 Å². The summed E-state index contributed by atoms with van der Waals surface area (Å²) < 4.78 is 0. The third-order valence-corrected chi connectivity index (χ3v) is 6.55. The lowest BCUT2D eigenvalue weighted by atomic mass is 9.73. The lowest BCUT2D eigenvalue weighted by molar-refractivity contribution is -0.121. The fourth-order valence-corrected chi connectivity index (χ4v) is 5.19. The number of benzene rings is 2. The standard InChI is InChI=1S/C26H26N4O2/c1-29(2)17-18-9-11-19(12-10-18)24(31)30-15-13-26(23(30)20-6-5-14-27-16-20)21-7-3-4-8-22(21)28-25(26)32/h3-12,14,16,23H,13,15,17H2,1-2H3,(H,28,32). The Bertz CT molecular complexity index is 1160. The molecule has 2 unspecified atom stereocenters. The van der Waals surface area contributed by atoms with E-state index in [-0.39, 0.29) is 11.8 Å². The van der Waals surface area contributed by atoms with Crippen molar-refractivity contribution >= 4 is 17.5 Å². The van der Waals surface area contributed by atoms with Crippen molar-refractivity contribution < 1.29 is 9.59 Å². The van der Waals surface area contributed by atoms with Crippen LogP contribution >= 0.6 is 0 Å². The molecular weight excluding hydrogens is 400 g/mol. The molecule has 162 valence electrons. The first-order chi connectivity index (χ1) is 15.5. The van der Waals surface area contributed by atoms with Gasteiger partial charge >= 0.3 is 0 Å². The Morgan fingerprint density at radius 2 is 1.91 bits per heavy atom. The molecular formula is C26H26N4O2. The fraction of sp³-hybridized carbons (Fsp3) is 0.269. The van der Waals surface area contributed by atoms with Crippen molar-refractivity contribution in [2.24, 2.45) is 0 Å². The maximum absolute atomic E-state index is 13.7. The van der Waals surface area contributed by atoms with Crippen molar-refractivity contribution in [3.05, 3.63) is 95.3 Å². The molecule has 2 aliphatic rings. The van der Waals surface area contributed by atoms with Gasteiger partial charge in [0.05, 0.1) is 6.04 Å². The molecule has 1 aromatic heterocycles. The highest BCUT2D eigenvalue weighted by Crippen LogP contribution is 2.54. The Morgan fingerprint density at radius 3 is 2.62 bits per heavy atom. The van der Waals surface area contributed by atoms with Crippen LogP contribution in [0.2, 0.25) is 0 Å². The predicted octanol–water partition coefficient (Wildman–Crippen LogP) is 3.62. The summed E-state index contributed by atoms with van der Waals surface area (Å²) in [4.78, 5) is 35.3. The highest BCUT2D eigenvalue weighted by Gasteiger charge is 2.59. The van der Waals surface area contributed by atoms with Crippen LogP contribution in [0.4, 0.5) is 5.69 Å². The summed E-state index contributed by atoms with van der Waals surface area (Å²) in [6.07, 6.45) is 4.05. The van der Waals surface area contributed by atoms with Crippen LogP contribution in [0.3, 0.4) is 0 Å². The molecule has 0 bridgehead atoms. The van der Waals surface area contributed by atoms with E-state index in [2.05, 4.69) is 15.2 Å². The molecule has 2 aromatic carbocycles. The Morgan fingerprint density at radius 1 is 1.12 bits per heavy atom. The van der Waals surface area contributed by atoms with Gasteiger partial charge in [0.2, 0.25) is 5.91 Å². The second kappa shape index (κ2) is 7.88. The normalized spacial score (nSPS) is 21.8. The number of nitrogens with zero attached hydrogens (tertiary/aromatic N) is 3. The van der Waals surface area contributed by atoms with Gasteiger partial charge in [-0.2, -0.15) is 0 Å². The van der Waals surface area contributed by atoms with Crippen LogP contribution in [0, 0.1) is 0 Å². The summed E-state index contributed by atoms with van der Waals surface area (Å²) >= 11 is 0. The van der Waals surface area contributed by atoms with Gasteiger partial charge in [0.1, 0.15) is 5.41 Å². The minimum absolute atomic E-state index is 0.0517. The van der Waals surface area contributed by atoms with Crippen LogP contribution < -0.4 is 5.32 Å². The van der Waals surface area contributed by atoms with E-state index in [1.165, 1.54) is 0 Å². The zero-order valence-corrected chi connectivity index (χ0v) is 18.3. The van der Waals surface area contributed by atoms with Crippen molar-refractivity contribution in [3.8, 4) is 0 Å². The number of anilines is 1. The minimum Gasteiger partial charge on any atom is -0.330 e. The maximum Gasteiger partial charge on any atom is 0.254 e. The van der Waals surface area contributed by atoms with E-state index in [0.29, 0.717) is 18.5 Å². The molecule has 1 spiro atoms. The Balaban J connectivity index is 1.56. The molecule has 2 atom stereocenters. The van der Waals surface area contributed by atoms with Crippen molar-refractivity contribution in [2.75, 3.05) is 26.0 Å². The third-order valence-electron chi connectivity index (χ3n) is 6.55. The molecule has 0 radical (unpaired) electrons. The van der Waals surface area contributed by atoms with Crippen molar-refractivity contribution in [1.29, 1.82) is 0 Å². The van der Waals surface area contributed by atoms with E-state index in [4.69, 9.17) is 0 Å². The van der Waals surface area contributed by atoms with Crippen molar-refractivity contribution in [1.82, 2.24) is 14.8 Å². The van der Waals surface area contributed by atoms with Gasteiger partial charge < -0.3 is 15.1 Å². The van der Waals surface area contributed by atoms with E-state index >= 15 is 0 Å². The van der Waals surface area contributed by atoms with Gasteiger partial charge in [0.25, 0.3) is 5.91 Å². The van der Waals surface area contributed by atoms with Gasteiger partial charge in [0, 0.05) is 36.7 Å². The quantitative estimate of drug-likeness (QED) is 0.692. The highest BCUT2D eigenvalue weighted by molar-refractivity contribution is 6.08. The lowest BCUT2D eigenvalue weighted by Gasteiger charge is -2.34. The number of para-hydroxylation sites is 1. The van der Waals surface area contributed by atoms with Crippen LogP contribution in [0.5, 0.6) is 0 Å². The van der Waals surface area contributed by atoms with Crippen molar-refractivity contribution in [2.45, 2.75) is 24.4 Å². The largest absolute Gasteiger partial charge is 0.330 e. The average molecular weight is 427 g/mol. The fourth-order valence-electron chi connectivity index (χ4n) is 5.19. The number of rotatable bonds is 4. The first-order valence-corrected chi connectivity index (χ1v) is 10.9. The molecule has 1 fully saturated rings. The Kier molecular flexibility index (Phi) is 5.02. The third kappa shape index (κ3) is 3.19. The minimum atomic E-state index is -0.819. The predicted molar refractivity (Wildman–Crippen MR) is 123 cm³/mol. The summed E-state index contributed by atoms with van der Waals surface area (Å²) in [5, 5.41) is 3.05. The zero-order chi connectivity index (χ0) is 22.3. The Labute approximate surface area is 187 Å². The number of carbonyl (C=O) groups is 2. The van der Waals surface area contributed by atoms with E-state index in [0.717, 1.165) is 28.9 Å². The summed E-state index contributed by atoms with van der Waals surface area (Å²) in [5.41, 5.74) is 3.61. The summed E-state index contributed by atoms with van der Waals surface area (Å²) in [6.45, 7) is 1.32. The first-order valence-electron chi connectivity index (χ1n) is 10.9. The molecule has 1 saturated heterocycles. The Hall–Kier alpha value is -3.51. The van der Waals surface area contributed by atoms with Crippen molar-refractivity contribution in [3.63, 3.8) is 0 Å². The molecule has 2 aliphatic heterocycles. The number of likely N-dealkylation sites (tertiary alicyclic amines) is 1. The first kappa shape index (κ1) is 20.4. The molecule has 3 heterocycles. The molecule has 0 saturated carbocycles. The SMILES string of the molecule is CN(C)Cc1ccc(C(=O)N2CCC3(C(=O)Nc4ccccc43)C2c2cccnc2)cc1. The molecule has 3 aromatic rings. The van der Waals surface area contributed by atoms with Gasteiger partial charge in [-0.1, -0.05) is 36.4 Å². The number of nitrogens with one attached hydrogen (secondary N) is 1. The molecule has 6 nitrogen and oxygen atoms in total. The zero-order valence-electron chi connectivity index (χ0n) is 18.3.